The predicted octanol–water partition coefficient (Wildman–Crippen LogP) is 1.67. The summed E-state index contributed by atoms with van der Waals surface area (Å²) >= 11 is 0. The molecule has 8 nitrogen and oxygen atoms in total. The van der Waals surface area contributed by atoms with Gasteiger partial charge in [0.25, 0.3) is 5.91 Å². The monoisotopic (exact) mass is 418 g/mol. The molecule has 0 radical (unpaired) electrons. The maximum Gasteiger partial charge on any atom is 0.255 e. The van der Waals surface area contributed by atoms with Crippen LogP contribution in [0.4, 0.5) is 11.5 Å². The van der Waals surface area contributed by atoms with E-state index in [-0.39, 0.29) is 5.91 Å². The van der Waals surface area contributed by atoms with Gasteiger partial charge in [-0.15, -0.1) is 0 Å². The van der Waals surface area contributed by atoms with E-state index in [4.69, 9.17) is 4.98 Å². The van der Waals surface area contributed by atoms with Crippen LogP contribution in [0.15, 0.2) is 35.7 Å². The molecule has 2 saturated carbocycles. The molecule has 0 N–H and O–H groups in total. The summed E-state index contributed by atoms with van der Waals surface area (Å²) in [6, 6.07) is 6.10. The first-order valence-corrected chi connectivity index (χ1v) is 11.0. The Morgan fingerprint density at radius 1 is 1.19 bits per heavy atom. The molecule has 2 amide bonds. The normalized spacial score (nSPS) is 28.0. The van der Waals surface area contributed by atoms with E-state index in [1.807, 2.05) is 34.8 Å². The molecule has 0 bridgehead atoms. The zero-order chi connectivity index (χ0) is 21.3. The number of amides is 2. The van der Waals surface area contributed by atoms with E-state index in [1.165, 1.54) is 17.0 Å². The van der Waals surface area contributed by atoms with E-state index in [1.54, 1.807) is 13.2 Å². The summed E-state index contributed by atoms with van der Waals surface area (Å²) in [6.07, 6.45) is 6.80. The summed E-state index contributed by atoms with van der Waals surface area (Å²) < 4.78 is 1.88. The van der Waals surface area contributed by atoms with E-state index in [0.29, 0.717) is 23.7 Å². The summed E-state index contributed by atoms with van der Waals surface area (Å²) in [5, 5.41) is 5.60. The highest BCUT2D eigenvalue weighted by atomic mass is 16.2. The van der Waals surface area contributed by atoms with Gasteiger partial charge in [-0.05, 0) is 54.2 Å². The fraction of sp³-hybridized carbons (Fsp3) is 0.478. The molecule has 4 heterocycles. The molecule has 2 aliphatic heterocycles. The number of rotatable bonds is 4. The highest BCUT2D eigenvalue weighted by Gasteiger charge is 2.48. The highest BCUT2D eigenvalue weighted by molar-refractivity contribution is 5.95. The van der Waals surface area contributed by atoms with Gasteiger partial charge >= 0.3 is 0 Å². The lowest BCUT2D eigenvalue weighted by Crippen LogP contribution is -2.32. The van der Waals surface area contributed by atoms with E-state index in [2.05, 4.69) is 16.1 Å². The van der Waals surface area contributed by atoms with Crippen LogP contribution in [-0.4, -0.2) is 58.5 Å². The van der Waals surface area contributed by atoms with Gasteiger partial charge in [0.1, 0.15) is 5.82 Å². The number of anilines is 2. The molecule has 3 fully saturated rings. The quantitative estimate of drug-likeness (QED) is 0.559. The summed E-state index contributed by atoms with van der Waals surface area (Å²) in [7, 11) is 3.52. The van der Waals surface area contributed by atoms with Gasteiger partial charge in [-0.3, -0.25) is 9.59 Å². The topological polar surface area (TPSA) is 74.0 Å². The number of fused-ring (bicyclic) bond motifs is 4. The van der Waals surface area contributed by atoms with Crippen molar-refractivity contribution in [1.82, 2.24) is 19.5 Å². The third kappa shape index (κ3) is 3.12. The van der Waals surface area contributed by atoms with Gasteiger partial charge in [-0.1, -0.05) is 0 Å². The van der Waals surface area contributed by atoms with Gasteiger partial charge in [0.05, 0.1) is 5.56 Å². The molecule has 0 spiro atoms. The zero-order valence-electron chi connectivity index (χ0n) is 17.8. The van der Waals surface area contributed by atoms with E-state index < -0.39 is 0 Å². The van der Waals surface area contributed by atoms with E-state index in [9.17, 15) is 9.59 Å². The Morgan fingerprint density at radius 2 is 2.00 bits per heavy atom. The lowest BCUT2D eigenvalue weighted by molar-refractivity contribution is -0.117. The lowest BCUT2D eigenvalue weighted by Gasteiger charge is -2.30. The number of piperidine rings is 1. The summed E-state index contributed by atoms with van der Waals surface area (Å²) in [6.45, 7) is 2.72. The molecule has 0 aromatic carbocycles. The first-order valence-electron chi connectivity index (χ1n) is 11.0. The molecular formula is C23H26N6O2. The van der Waals surface area contributed by atoms with Crippen LogP contribution >= 0.6 is 0 Å². The van der Waals surface area contributed by atoms with Crippen LogP contribution in [0.5, 0.6) is 0 Å². The largest absolute Gasteiger partial charge is 0.338 e. The first-order chi connectivity index (χ1) is 15.0. The minimum absolute atomic E-state index is 0.126. The van der Waals surface area contributed by atoms with Crippen molar-refractivity contribution in [3.8, 4) is 0 Å². The third-order valence-corrected chi connectivity index (χ3v) is 7.23. The van der Waals surface area contributed by atoms with Crippen LogP contribution in [0.25, 0.3) is 0 Å². The second kappa shape index (κ2) is 6.67. The van der Waals surface area contributed by atoms with Crippen LogP contribution in [0.1, 0.15) is 34.7 Å². The SMILES string of the molecule is CN(C=O)/N=c1/cc(N2CC3CC3c3cc(C(=O)N4CC5CC5C4)cnc32)ccn1C. The molecule has 160 valence electrons. The second-order valence-corrected chi connectivity index (χ2v) is 9.45. The van der Waals surface area contributed by atoms with Crippen molar-refractivity contribution in [3.05, 3.63) is 47.2 Å². The molecule has 4 atom stereocenters. The van der Waals surface area contributed by atoms with Crippen LogP contribution in [-0.2, 0) is 11.8 Å². The van der Waals surface area contributed by atoms with Gasteiger partial charge in [0, 0.05) is 57.9 Å². The van der Waals surface area contributed by atoms with Crippen molar-refractivity contribution >= 4 is 23.8 Å². The maximum atomic E-state index is 13.0. The van der Waals surface area contributed by atoms with Crippen LogP contribution in [0.3, 0.4) is 0 Å². The van der Waals surface area contributed by atoms with Crippen molar-refractivity contribution in [2.45, 2.75) is 18.8 Å². The Labute approximate surface area is 180 Å². The average Bonchev–Trinajstić information content (AvgIpc) is 3.70. The van der Waals surface area contributed by atoms with Gasteiger partial charge < -0.3 is 14.4 Å². The molecule has 8 heteroatoms. The number of nitrogens with zero attached hydrogens (tertiary/aromatic N) is 6. The number of hydrogen-bond acceptors (Lipinski definition) is 5. The van der Waals surface area contributed by atoms with Gasteiger partial charge in [0.2, 0.25) is 6.41 Å². The number of carbonyl (C=O) groups is 2. The van der Waals surface area contributed by atoms with E-state index in [0.717, 1.165) is 55.0 Å². The van der Waals surface area contributed by atoms with Gasteiger partial charge in [-0.25, -0.2) is 9.99 Å². The smallest absolute Gasteiger partial charge is 0.255 e. The molecule has 4 unspecified atom stereocenters. The van der Waals surface area contributed by atoms with Crippen LogP contribution in [0.2, 0.25) is 0 Å². The van der Waals surface area contributed by atoms with Crippen LogP contribution in [0, 0.1) is 17.8 Å². The Bertz CT molecular complexity index is 1150. The number of aryl methyl sites for hydroxylation is 1. The number of likely N-dealkylation sites (tertiary alicyclic amines) is 1. The van der Waals surface area contributed by atoms with Crippen LogP contribution < -0.4 is 10.4 Å². The molecule has 31 heavy (non-hydrogen) atoms. The minimum atomic E-state index is 0.126. The molecule has 2 aliphatic carbocycles. The Balaban J connectivity index is 1.34. The zero-order valence-corrected chi connectivity index (χ0v) is 17.8. The first kappa shape index (κ1) is 18.6. The molecular weight excluding hydrogens is 392 g/mol. The fourth-order valence-corrected chi connectivity index (χ4v) is 5.21. The molecule has 2 aromatic heterocycles. The number of carbonyl (C=O) groups excluding carboxylic acids is 2. The standard InChI is InChI=1S/C23H26N6O2/c1-26-4-3-18(8-21(26)25-27(2)13-30)29-12-17-7-19(17)20-6-14(9-24-22(20)29)23(31)28-10-15-5-16(15)11-28/h3-4,6,8-9,13,15-17,19H,5,7,10-12H2,1-2H3/b25-21-. The van der Waals surface area contributed by atoms with Crippen molar-refractivity contribution < 1.29 is 9.59 Å². The van der Waals surface area contributed by atoms with Crippen molar-refractivity contribution in [3.63, 3.8) is 0 Å². The second-order valence-electron chi connectivity index (χ2n) is 9.45. The van der Waals surface area contributed by atoms with Gasteiger partial charge in [-0.2, -0.15) is 5.10 Å². The number of pyridine rings is 2. The van der Waals surface area contributed by atoms with E-state index >= 15 is 0 Å². The highest BCUT2D eigenvalue weighted by Crippen LogP contribution is 2.55. The number of hydrogen-bond donors (Lipinski definition) is 0. The summed E-state index contributed by atoms with van der Waals surface area (Å²) in [4.78, 5) is 33.0. The van der Waals surface area contributed by atoms with Crippen molar-refractivity contribution in [2.24, 2.45) is 29.9 Å². The average molecular weight is 419 g/mol. The molecule has 1 saturated heterocycles. The fourth-order valence-electron chi connectivity index (χ4n) is 5.21. The molecule has 6 rings (SSSR count). The Hall–Kier alpha value is -3.16. The van der Waals surface area contributed by atoms with Crippen molar-refractivity contribution in [2.75, 3.05) is 31.6 Å². The number of aromatic nitrogens is 2. The molecule has 4 aliphatic rings. The minimum Gasteiger partial charge on any atom is -0.338 e. The van der Waals surface area contributed by atoms with Crippen molar-refractivity contribution in [1.29, 1.82) is 0 Å². The third-order valence-electron chi connectivity index (χ3n) is 7.23. The molecule has 2 aromatic rings. The predicted molar refractivity (Wildman–Crippen MR) is 114 cm³/mol. The maximum absolute atomic E-state index is 13.0. The lowest BCUT2D eigenvalue weighted by atomic mass is 10.0. The Kier molecular flexibility index (Phi) is 4.00. The van der Waals surface area contributed by atoms with Gasteiger partial charge in [0.15, 0.2) is 5.49 Å². The Morgan fingerprint density at radius 3 is 2.77 bits per heavy atom. The summed E-state index contributed by atoms with van der Waals surface area (Å²) in [5.74, 6) is 3.62. The summed E-state index contributed by atoms with van der Waals surface area (Å²) in [5.41, 5.74) is 3.58.